The molecule has 1 fully saturated rings. The Kier molecular flexibility index (Phi) is 3.24. The van der Waals surface area contributed by atoms with Gasteiger partial charge in [-0.15, -0.1) is 0 Å². The Labute approximate surface area is 98.3 Å². The lowest BCUT2D eigenvalue weighted by molar-refractivity contribution is -0.115. The lowest BCUT2D eigenvalue weighted by Crippen LogP contribution is -2.30. The van der Waals surface area contributed by atoms with Crippen LogP contribution in [0.2, 0.25) is 0 Å². The number of carbonyl (C=O) groups is 2. The summed E-state index contributed by atoms with van der Waals surface area (Å²) < 4.78 is 5.30. The van der Waals surface area contributed by atoms with Crippen molar-refractivity contribution in [2.24, 2.45) is 5.73 Å². The Hall–Kier alpha value is -2.08. The van der Waals surface area contributed by atoms with Crippen molar-refractivity contribution in [3.05, 3.63) is 24.3 Å². The highest BCUT2D eigenvalue weighted by Crippen LogP contribution is 2.21. The second-order valence-electron chi connectivity index (χ2n) is 3.52. The molecule has 0 atom stereocenters. The van der Waals surface area contributed by atoms with E-state index in [4.69, 9.17) is 10.5 Å². The number of amides is 3. The maximum absolute atomic E-state index is 11.4. The van der Waals surface area contributed by atoms with Gasteiger partial charge in [0.15, 0.2) is 0 Å². The van der Waals surface area contributed by atoms with Crippen LogP contribution in [0.25, 0.3) is 0 Å². The molecule has 0 spiro atoms. The zero-order chi connectivity index (χ0) is 12.3. The summed E-state index contributed by atoms with van der Waals surface area (Å²) >= 11 is 0. The zero-order valence-electron chi connectivity index (χ0n) is 9.18. The molecular formula is C11H13N3O3. The van der Waals surface area contributed by atoms with Crippen molar-refractivity contribution in [3.8, 4) is 5.75 Å². The van der Waals surface area contributed by atoms with Crippen LogP contribution < -0.4 is 20.7 Å². The lowest BCUT2D eigenvalue weighted by atomic mass is 10.3. The highest BCUT2D eigenvalue weighted by atomic mass is 16.5. The molecule has 1 aromatic rings. The topological polar surface area (TPSA) is 84.7 Å². The van der Waals surface area contributed by atoms with Crippen molar-refractivity contribution < 1.29 is 14.3 Å². The standard InChI is InChI=1S/C11H13N3O3/c12-5-6-17-9-3-1-8(2-4-9)14-10(15)7-13-11(14)16/h1-4H,5-7,12H2,(H,13,16). The molecule has 0 bridgehead atoms. The summed E-state index contributed by atoms with van der Waals surface area (Å²) in [6.07, 6.45) is 0. The third-order valence-electron chi connectivity index (χ3n) is 2.32. The van der Waals surface area contributed by atoms with E-state index in [0.717, 1.165) is 4.90 Å². The lowest BCUT2D eigenvalue weighted by Gasteiger charge is -2.12. The van der Waals surface area contributed by atoms with Crippen LogP contribution in [0.15, 0.2) is 24.3 Å². The quantitative estimate of drug-likeness (QED) is 0.724. The minimum Gasteiger partial charge on any atom is -0.492 e. The number of nitrogens with zero attached hydrogens (tertiary/aromatic N) is 1. The van der Waals surface area contributed by atoms with Crippen molar-refractivity contribution in [1.82, 2.24) is 5.32 Å². The van der Waals surface area contributed by atoms with E-state index in [0.29, 0.717) is 24.6 Å². The number of imide groups is 1. The summed E-state index contributed by atoms with van der Waals surface area (Å²) in [4.78, 5) is 23.9. The third kappa shape index (κ3) is 2.36. The highest BCUT2D eigenvalue weighted by Gasteiger charge is 2.29. The predicted molar refractivity (Wildman–Crippen MR) is 61.9 cm³/mol. The number of nitrogens with one attached hydrogen (secondary N) is 1. The fourth-order valence-electron chi connectivity index (χ4n) is 1.55. The maximum atomic E-state index is 11.4. The Morgan fingerprint density at radius 2 is 2.00 bits per heavy atom. The van der Waals surface area contributed by atoms with Crippen molar-refractivity contribution in [3.63, 3.8) is 0 Å². The number of hydrogen-bond acceptors (Lipinski definition) is 4. The average Bonchev–Trinajstić information content (AvgIpc) is 2.67. The van der Waals surface area contributed by atoms with E-state index in [-0.39, 0.29) is 12.5 Å². The van der Waals surface area contributed by atoms with Gasteiger partial charge in [0, 0.05) is 6.54 Å². The van der Waals surface area contributed by atoms with Gasteiger partial charge in [0.05, 0.1) is 12.2 Å². The number of rotatable bonds is 4. The highest BCUT2D eigenvalue weighted by molar-refractivity contribution is 6.19. The van der Waals surface area contributed by atoms with Crippen molar-refractivity contribution in [2.45, 2.75) is 0 Å². The van der Waals surface area contributed by atoms with E-state index in [1.54, 1.807) is 24.3 Å². The Morgan fingerprint density at radius 3 is 2.53 bits per heavy atom. The SMILES string of the molecule is NCCOc1ccc(N2C(=O)CNC2=O)cc1. The van der Waals surface area contributed by atoms with Gasteiger partial charge in [0.1, 0.15) is 12.4 Å². The molecule has 3 amide bonds. The Balaban J connectivity index is 2.12. The number of carbonyl (C=O) groups excluding carboxylic acids is 2. The molecule has 6 nitrogen and oxygen atoms in total. The van der Waals surface area contributed by atoms with Gasteiger partial charge in [0.25, 0.3) is 5.91 Å². The number of nitrogens with two attached hydrogens (primary N) is 1. The van der Waals surface area contributed by atoms with Gasteiger partial charge < -0.3 is 15.8 Å². The van der Waals surface area contributed by atoms with Gasteiger partial charge in [0.2, 0.25) is 0 Å². The largest absolute Gasteiger partial charge is 0.492 e. The molecule has 1 aliphatic heterocycles. The van der Waals surface area contributed by atoms with Crippen LogP contribution in [0.1, 0.15) is 0 Å². The minimum atomic E-state index is -0.398. The fourth-order valence-corrected chi connectivity index (χ4v) is 1.55. The summed E-state index contributed by atoms with van der Waals surface area (Å²) in [7, 11) is 0. The number of ether oxygens (including phenoxy) is 1. The molecule has 3 N–H and O–H groups in total. The molecule has 0 aliphatic carbocycles. The molecule has 17 heavy (non-hydrogen) atoms. The number of hydrogen-bond donors (Lipinski definition) is 2. The first-order chi connectivity index (χ1) is 8.22. The van der Waals surface area contributed by atoms with Crippen LogP contribution in [-0.2, 0) is 4.79 Å². The second kappa shape index (κ2) is 4.84. The number of urea groups is 1. The van der Waals surface area contributed by atoms with Gasteiger partial charge in [-0.25, -0.2) is 9.69 Å². The smallest absolute Gasteiger partial charge is 0.329 e. The van der Waals surface area contributed by atoms with Crippen LogP contribution in [-0.4, -0.2) is 31.6 Å². The first-order valence-electron chi connectivity index (χ1n) is 5.26. The van der Waals surface area contributed by atoms with Gasteiger partial charge in [-0.1, -0.05) is 0 Å². The summed E-state index contributed by atoms with van der Waals surface area (Å²) in [6.45, 7) is 0.918. The van der Waals surface area contributed by atoms with Gasteiger partial charge >= 0.3 is 6.03 Å². The van der Waals surface area contributed by atoms with E-state index < -0.39 is 6.03 Å². The summed E-state index contributed by atoms with van der Waals surface area (Å²) in [5, 5.41) is 2.46. The zero-order valence-corrected chi connectivity index (χ0v) is 9.18. The molecule has 0 aromatic heterocycles. The van der Waals surface area contributed by atoms with E-state index in [2.05, 4.69) is 5.32 Å². The molecular weight excluding hydrogens is 222 g/mol. The van der Waals surface area contributed by atoms with Crippen molar-refractivity contribution >= 4 is 17.6 Å². The molecule has 1 aromatic carbocycles. The molecule has 0 unspecified atom stereocenters. The molecule has 1 heterocycles. The first kappa shape index (κ1) is 11.4. The van der Waals surface area contributed by atoms with E-state index in [1.807, 2.05) is 0 Å². The summed E-state index contributed by atoms with van der Waals surface area (Å²) in [5.41, 5.74) is 5.84. The molecule has 0 saturated carbocycles. The van der Waals surface area contributed by atoms with E-state index in [1.165, 1.54) is 0 Å². The summed E-state index contributed by atoms with van der Waals surface area (Å²) in [5.74, 6) is 0.400. The predicted octanol–water partition coefficient (Wildman–Crippen LogP) is 0.0803. The summed E-state index contributed by atoms with van der Waals surface area (Å²) in [6, 6.07) is 6.32. The van der Waals surface area contributed by atoms with Crippen molar-refractivity contribution in [1.29, 1.82) is 0 Å². The molecule has 2 rings (SSSR count). The van der Waals surface area contributed by atoms with Gasteiger partial charge in [-0.2, -0.15) is 0 Å². The monoisotopic (exact) mass is 235 g/mol. The normalized spacial score (nSPS) is 15.0. The third-order valence-corrected chi connectivity index (χ3v) is 2.32. The van der Waals surface area contributed by atoms with E-state index in [9.17, 15) is 9.59 Å². The molecule has 6 heteroatoms. The first-order valence-corrected chi connectivity index (χ1v) is 5.26. The maximum Gasteiger partial charge on any atom is 0.329 e. The molecule has 90 valence electrons. The molecule has 1 saturated heterocycles. The number of anilines is 1. The van der Waals surface area contributed by atoms with Crippen LogP contribution in [0.3, 0.4) is 0 Å². The second-order valence-corrected chi connectivity index (χ2v) is 3.52. The van der Waals surface area contributed by atoms with Gasteiger partial charge in [-0.3, -0.25) is 4.79 Å². The minimum absolute atomic E-state index is 0.0459. The van der Waals surface area contributed by atoms with Gasteiger partial charge in [-0.05, 0) is 24.3 Å². The van der Waals surface area contributed by atoms with Crippen LogP contribution in [0, 0.1) is 0 Å². The molecule has 0 radical (unpaired) electrons. The Bertz CT molecular complexity index is 414. The number of benzene rings is 1. The molecule has 1 aliphatic rings. The van der Waals surface area contributed by atoms with Crippen LogP contribution in [0.5, 0.6) is 5.75 Å². The van der Waals surface area contributed by atoms with Crippen LogP contribution >= 0.6 is 0 Å². The van der Waals surface area contributed by atoms with E-state index >= 15 is 0 Å². The van der Waals surface area contributed by atoms with Crippen molar-refractivity contribution in [2.75, 3.05) is 24.6 Å². The average molecular weight is 235 g/mol. The Morgan fingerprint density at radius 1 is 1.29 bits per heavy atom. The fraction of sp³-hybridized carbons (Fsp3) is 0.273. The van der Waals surface area contributed by atoms with Crippen LogP contribution in [0.4, 0.5) is 10.5 Å².